The summed E-state index contributed by atoms with van der Waals surface area (Å²) in [6.45, 7) is 9.62. The van der Waals surface area contributed by atoms with Crippen LogP contribution in [0.4, 0.5) is 24.8 Å². The van der Waals surface area contributed by atoms with E-state index in [1.807, 2.05) is 6.07 Å². The van der Waals surface area contributed by atoms with Crippen molar-refractivity contribution in [3.8, 4) is 0 Å². The Morgan fingerprint density at radius 2 is 1.84 bits per heavy atom. The number of benzene rings is 1. The fourth-order valence-electron chi connectivity index (χ4n) is 4.09. The number of aromatic nitrogens is 2. The van der Waals surface area contributed by atoms with E-state index in [1.165, 1.54) is 18.5 Å². The molecule has 0 aliphatic carbocycles. The third kappa shape index (κ3) is 6.07. The van der Waals surface area contributed by atoms with Gasteiger partial charge in [-0.1, -0.05) is 26.0 Å². The standard InChI is InChI=1S/C22H31F3N6/c1-3-8-29(4-2)15-19(17-6-5-7-18(13-17)22(23,24)25)30-9-11-31(12-10-30)21-14-20(26)27-16-28-21/h5-7,13-14,16,19H,3-4,8-12,15H2,1-2H3,(H2,26,27,28). The van der Waals surface area contributed by atoms with Crippen molar-refractivity contribution >= 4 is 11.6 Å². The highest BCUT2D eigenvalue weighted by Gasteiger charge is 2.33. The normalized spacial score (nSPS) is 16.6. The van der Waals surface area contributed by atoms with Gasteiger partial charge in [0, 0.05) is 44.8 Å². The van der Waals surface area contributed by atoms with Crippen LogP contribution in [0.15, 0.2) is 36.7 Å². The number of nitrogen functional groups attached to an aromatic ring is 1. The first-order valence-electron chi connectivity index (χ1n) is 10.8. The highest BCUT2D eigenvalue weighted by Crippen LogP contribution is 2.33. The third-order valence-electron chi connectivity index (χ3n) is 5.77. The van der Waals surface area contributed by atoms with E-state index in [9.17, 15) is 13.2 Å². The van der Waals surface area contributed by atoms with E-state index in [0.29, 0.717) is 17.9 Å². The molecule has 0 bridgehead atoms. The van der Waals surface area contributed by atoms with Crippen molar-refractivity contribution in [2.75, 3.05) is 56.4 Å². The van der Waals surface area contributed by atoms with Crippen molar-refractivity contribution in [3.05, 3.63) is 47.8 Å². The number of hydrogen-bond donors (Lipinski definition) is 1. The minimum absolute atomic E-state index is 0.105. The Labute approximate surface area is 181 Å². The fraction of sp³-hybridized carbons (Fsp3) is 0.545. The lowest BCUT2D eigenvalue weighted by Crippen LogP contribution is -2.50. The van der Waals surface area contributed by atoms with Gasteiger partial charge in [-0.15, -0.1) is 0 Å². The van der Waals surface area contributed by atoms with E-state index in [0.717, 1.165) is 57.6 Å². The molecular weight excluding hydrogens is 405 g/mol. The number of nitrogens with two attached hydrogens (primary N) is 1. The summed E-state index contributed by atoms with van der Waals surface area (Å²) in [5.74, 6) is 1.20. The van der Waals surface area contributed by atoms with Gasteiger partial charge in [0.15, 0.2) is 0 Å². The monoisotopic (exact) mass is 436 g/mol. The molecule has 1 saturated heterocycles. The van der Waals surface area contributed by atoms with E-state index in [2.05, 4.69) is 38.5 Å². The highest BCUT2D eigenvalue weighted by molar-refractivity contribution is 5.46. The molecule has 0 radical (unpaired) electrons. The first-order chi connectivity index (χ1) is 14.8. The van der Waals surface area contributed by atoms with Gasteiger partial charge in [-0.3, -0.25) is 4.90 Å². The Balaban J connectivity index is 1.80. The summed E-state index contributed by atoms with van der Waals surface area (Å²) in [6, 6.07) is 7.42. The molecule has 0 amide bonds. The number of rotatable bonds is 8. The van der Waals surface area contributed by atoms with Crippen LogP contribution in [0, 0.1) is 0 Å². The van der Waals surface area contributed by atoms with Gasteiger partial charge in [0.1, 0.15) is 18.0 Å². The maximum atomic E-state index is 13.3. The van der Waals surface area contributed by atoms with Gasteiger partial charge in [0.2, 0.25) is 0 Å². The largest absolute Gasteiger partial charge is 0.416 e. The molecule has 2 N–H and O–H groups in total. The molecule has 1 aromatic carbocycles. The molecule has 2 heterocycles. The van der Waals surface area contributed by atoms with Crippen molar-refractivity contribution in [1.82, 2.24) is 19.8 Å². The second kappa shape index (κ2) is 10.3. The van der Waals surface area contributed by atoms with Gasteiger partial charge in [-0.05, 0) is 37.2 Å². The second-order valence-electron chi connectivity index (χ2n) is 7.86. The molecule has 6 nitrogen and oxygen atoms in total. The van der Waals surface area contributed by atoms with Crippen molar-refractivity contribution in [2.24, 2.45) is 0 Å². The molecule has 9 heteroatoms. The molecule has 1 atom stereocenters. The van der Waals surface area contributed by atoms with Gasteiger partial charge in [0.25, 0.3) is 0 Å². The van der Waals surface area contributed by atoms with Gasteiger partial charge in [-0.2, -0.15) is 13.2 Å². The number of nitrogens with zero attached hydrogens (tertiary/aromatic N) is 5. The van der Waals surface area contributed by atoms with Crippen LogP contribution in [-0.2, 0) is 6.18 Å². The number of hydrogen-bond acceptors (Lipinski definition) is 6. The zero-order chi connectivity index (χ0) is 22.4. The molecule has 1 aliphatic rings. The maximum absolute atomic E-state index is 13.3. The summed E-state index contributed by atoms with van der Waals surface area (Å²) in [4.78, 5) is 15.0. The van der Waals surface area contributed by atoms with Crippen LogP contribution in [0.3, 0.4) is 0 Å². The molecule has 170 valence electrons. The predicted molar refractivity (Wildman–Crippen MR) is 117 cm³/mol. The van der Waals surface area contributed by atoms with Crippen LogP contribution in [0.1, 0.15) is 37.4 Å². The zero-order valence-corrected chi connectivity index (χ0v) is 18.1. The van der Waals surface area contributed by atoms with Crippen LogP contribution in [0.2, 0.25) is 0 Å². The van der Waals surface area contributed by atoms with Crippen LogP contribution in [0.25, 0.3) is 0 Å². The molecule has 31 heavy (non-hydrogen) atoms. The average Bonchev–Trinajstić information content (AvgIpc) is 2.76. The summed E-state index contributed by atoms with van der Waals surface area (Å²) in [5.41, 5.74) is 5.90. The fourth-order valence-corrected chi connectivity index (χ4v) is 4.09. The summed E-state index contributed by atoms with van der Waals surface area (Å²) in [5, 5.41) is 0. The Bertz CT molecular complexity index is 836. The Morgan fingerprint density at radius 3 is 2.45 bits per heavy atom. The maximum Gasteiger partial charge on any atom is 0.416 e. The molecule has 1 aliphatic heterocycles. The topological polar surface area (TPSA) is 61.5 Å². The lowest BCUT2D eigenvalue weighted by molar-refractivity contribution is -0.137. The number of anilines is 2. The molecule has 2 aromatic rings. The first kappa shape index (κ1) is 23.3. The minimum Gasteiger partial charge on any atom is -0.384 e. The molecule has 1 unspecified atom stereocenters. The number of alkyl halides is 3. The van der Waals surface area contributed by atoms with Crippen LogP contribution in [0.5, 0.6) is 0 Å². The SMILES string of the molecule is CCCN(CC)CC(c1cccc(C(F)(F)F)c1)N1CCN(c2cc(N)ncn2)CC1. The number of halogens is 3. The van der Waals surface area contributed by atoms with Crippen LogP contribution >= 0.6 is 0 Å². The van der Waals surface area contributed by atoms with Gasteiger partial charge in [0.05, 0.1) is 5.56 Å². The molecule has 0 saturated carbocycles. The van der Waals surface area contributed by atoms with E-state index in [4.69, 9.17) is 5.73 Å². The van der Waals surface area contributed by atoms with Gasteiger partial charge >= 0.3 is 6.18 Å². The zero-order valence-electron chi connectivity index (χ0n) is 18.1. The van der Waals surface area contributed by atoms with E-state index in [-0.39, 0.29) is 6.04 Å². The second-order valence-corrected chi connectivity index (χ2v) is 7.86. The highest BCUT2D eigenvalue weighted by atomic mass is 19.4. The third-order valence-corrected chi connectivity index (χ3v) is 5.77. The van der Waals surface area contributed by atoms with E-state index >= 15 is 0 Å². The lowest BCUT2D eigenvalue weighted by atomic mass is 10.0. The van der Waals surface area contributed by atoms with Crippen molar-refractivity contribution < 1.29 is 13.2 Å². The average molecular weight is 437 g/mol. The lowest BCUT2D eigenvalue weighted by Gasteiger charge is -2.41. The minimum atomic E-state index is -4.35. The van der Waals surface area contributed by atoms with E-state index < -0.39 is 11.7 Å². The molecule has 3 rings (SSSR count). The van der Waals surface area contributed by atoms with Crippen molar-refractivity contribution in [3.63, 3.8) is 0 Å². The Kier molecular flexibility index (Phi) is 7.72. The Morgan fingerprint density at radius 1 is 1.10 bits per heavy atom. The van der Waals surface area contributed by atoms with Crippen LogP contribution in [-0.4, -0.2) is 65.6 Å². The number of piperazine rings is 1. The van der Waals surface area contributed by atoms with Crippen molar-refractivity contribution in [1.29, 1.82) is 0 Å². The molecule has 0 spiro atoms. The summed E-state index contributed by atoms with van der Waals surface area (Å²) < 4.78 is 40.0. The quantitative estimate of drug-likeness (QED) is 0.681. The molecular formula is C22H31F3N6. The predicted octanol–water partition coefficient (Wildman–Crippen LogP) is 3.67. The number of likely N-dealkylation sites (N-methyl/N-ethyl adjacent to an activating group) is 1. The van der Waals surface area contributed by atoms with Crippen molar-refractivity contribution in [2.45, 2.75) is 32.5 Å². The smallest absolute Gasteiger partial charge is 0.384 e. The molecule has 1 aromatic heterocycles. The first-order valence-corrected chi connectivity index (χ1v) is 10.8. The summed E-state index contributed by atoms with van der Waals surface area (Å²) in [7, 11) is 0. The van der Waals surface area contributed by atoms with Gasteiger partial charge in [-0.25, -0.2) is 9.97 Å². The summed E-state index contributed by atoms with van der Waals surface area (Å²) >= 11 is 0. The summed E-state index contributed by atoms with van der Waals surface area (Å²) in [6.07, 6.45) is -1.89. The van der Waals surface area contributed by atoms with Gasteiger partial charge < -0.3 is 15.5 Å². The van der Waals surface area contributed by atoms with Crippen LogP contribution < -0.4 is 10.6 Å². The Hall–Kier alpha value is -2.39. The van der Waals surface area contributed by atoms with E-state index in [1.54, 1.807) is 6.07 Å². The molecule has 1 fully saturated rings.